The van der Waals surface area contributed by atoms with E-state index >= 15 is 0 Å². The first-order valence-electron chi connectivity index (χ1n) is 3.71. The molecule has 0 aliphatic heterocycles. The highest BCUT2D eigenvalue weighted by Crippen LogP contribution is 2.29. The largest absolute Gasteiger partial charge is 0.508 e. The molecule has 0 saturated heterocycles. The molecule has 0 unspecified atom stereocenters. The van der Waals surface area contributed by atoms with Gasteiger partial charge in [-0.1, -0.05) is 11.8 Å². The van der Waals surface area contributed by atoms with E-state index in [1.54, 1.807) is 41.4 Å². The van der Waals surface area contributed by atoms with Gasteiger partial charge in [-0.05, 0) is 24.3 Å². The quantitative estimate of drug-likeness (QED) is 0.825. The Balaban J connectivity index is 2.15. The van der Waals surface area contributed by atoms with Gasteiger partial charge < -0.3 is 5.11 Å². The summed E-state index contributed by atoms with van der Waals surface area (Å²) in [7, 11) is 0. The van der Waals surface area contributed by atoms with Gasteiger partial charge in [-0.25, -0.2) is 4.98 Å². The first kappa shape index (κ1) is 8.59. The second-order valence-corrected chi connectivity index (χ2v) is 4.61. The minimum Gasteiger partial charge on any atom is -0.508 e. The van der Waals surface area contributed by atoms with Crippen LogP contribution in [0, 0.1) is 0 Å². The van der Waals surface area contributed by atoms with Gasteiger partial charge in [0.05, 0.1) is 0 Å². The van der Waals surface area contributed by atoms with E-state index in [2.05, 4.69) is 4.98 Å². The first-order chi connectivity index (χ1) is 6.34. The Bertz CT molecular complexity index is 369. The van der Waals surface area contributed by atoms with Gasteiger partial charge in [0.15, 0.2) is 4.34 Å². The number of phenols is 1. The molecule has 1 aromatic carbocycles. The molecule has 2 nitrogen and oxygen atoms in total. The van der Waals surface area contributed by atoms with Gasteiger partial charge in [-0.15, -0.1) is 11.3 Å². The zero-order chi connectivity index (χ0) is 9.10. The van der Waals surface area contributed by atoms with E-state index in [0.29, 0.717) is 5.75 Å². The minimum absolute atomic E-state index is 0.295. The second kappa shape index (κ2) is 3.81. The molecule has 0 bridgehead atoms. The molecule has 1 aromatic heterocycles. The molecule has 0 fully saturated rings. The van der Waals surface area contributed by atoms with Crippen LogP contribution in [0.15, 0.2) is 45.1 Å². The average molecular weight is 209 g/mol. The van der Waals surface area contributed by atoms with Crippen molar-refractivity contribution >= 4 is 23.1 Å². The molecule has 0 radical (unpaired) electrons. The SMILES string of the molecule is Oc1ccc(Sc2nccs2)cc1. The standard InChI is InChI=1S/C9H7NOS2/c11-7-1-3-8(4-2-7)13-9-10-5-6-12-9/h1-6,11H. The van der Waals surface area contributed by atoms with Crippen LogP contribution in [0.1, 0.15) is 0 Å². The third-order valence-corrected chi connectivity index (χ3v) is 3.34. The van der Waals surface area contributed by atoms with E-state index in [4.69, 9.17) is 5.11 Å². The van der Waals surface area contributed by atoms with E-state index in [-0.39, 0.29) is 0 Å². The Morgan fingerprint density at radius 1 is 1.23 bits per heavy atom. The van der Waals surface area contributed by atoms with Crippen LogP contribution in [-0.2, 0) is 0 Å². The van der Waals surface area contributed by atoms with Gasteiger partial charge in [0.25, 0.3) is 0 Å². The summed E-state index contributed by atoms with van der Waals surface area (Å²) in [5.74, 6) is 0.295. The fraction of sp³-hybridized carbons (Fsp3) is 0. The predicted molar refractivity (Wildman–Crippen MR) is 54.3 cm³/mol. The van der Waals surface area contributed by atoms with E-state index in [0.717, 1.165) is 9.24 Å². The third-order valence-electron chi connectivity index (χ3n) is 1.45. The Kier molecular flexibility index (Phi) is 2.52. The van der Waals surface area contributed by atoms with Crippen LogP contribution >= 0.6 is 23.1 Å². The molecule has 0 atom stereocenters. The van der Waals surface area contributed by atoms with Crippen LogP contribution in [0.25, 0.3) is 0 Å². The van der Waals surface area contributed by atoms with Crippen LogP contribution in [0.5, 0.6) is 5.75 Å². The number of nitrogens with zero attached hydrogens (tertiary/aromatic N) is 1. The molecule has 1 N–H and O–H groups in total. The van der Waals surface area contributed by atoms with Crippen LogP contribution in [-0.4, -0.2) is 10.1 Å². The number of phenolic OH excluding ortho intramolecular Hbond substituents is 1. The molecule has 0 amide bonds. The number of aromatic hydroxyl groups is 1. The van der Waals surface area contributed by atoms with Crippen LogP contribution in [0.4, 0.5) is 0 Å². The molecule has 66 valence electrons. The molecule has 0 aliphatic rings. The fourth-order valence-electron chi connectivity index (χ4n) is 0.876. The molecular weight excluding hydrogens is 202 g/mol. The lowest BCUT2D eigenvalue weighted by molar-refractivity contribution is 0.475. The second-order valence-electron chi connectivity index (χ2n) is 2.39. The van der Waals surface area contributed by atoms with Crippen LogP contribution < -0.4 is 0 Å². The summed E-state index contributed by atoms with van der Waals surface area (Å²) in [5.41, 5.74) is 0. The van der Waals surface area contributed by atoms with Gasteiger partial charge in [0.1, 0.15) is 5.75 Å². The first-order valence-corrected chi connectivity index (χ1v) is 5.40. The zero-order valence-corrected chi connectivity index (χ0v) is 8.31. The lowest BCUT2D eigenvalue weighted by Gasteiger charge is -1.96. The highest BCUT2D eigenvalue weighted by atomic mass is 32.2. The fourth-order valence-corrected chi connectivity index (χ4v) is 2.47. The number of thiazole rings is 1. The maximum absolute atomic E-state index is 9.06. The number of rotatable bonds is 2. The minimum atomic E-state index is 0.295. The average Bonchev–Trinajstić information content (AvgIpc) is 2.62. The van der Waals surface area contributed by atoms with Gasteiger partial charge in [-0.3, -0.25) is 0 Å². The summed E-state index contributed by atoms with van der Waals surface area (Å²) in [6, 6.07) is 7.11. The zero-order valence-electron chi connectivity index (χ0n) is 6.68. The van der Waals surface area contributed by atoms with E-state index in [1.165, 1.54) is 0 Å². The molecule has 4 heteroatoms. The van der Waals surface area contributed by atoms with Crippen molar-refractivity contribution in [3.63, 3.8) is 0 Å². The van der Waals surface area contributed by atoms with Crippen molar-refractivity contribution in [2.75, 3.05) is 0 Å². The van der Waals surface area contributed by atoms with Crippen molar-refractivity contribution in [1.82, 2.24) is 4.98 Å². The maximum atomic E-state index is 9.06. The van der Waals surface area contributed by atoms with E-state index < -0.39 is 0 Å². The molecule has 0 saturated carbocycles. The number of aromatic nitrogens is 1. The monoisotopic (exact) mass is 209 g/mol. The van der Waals surface area contributed by atoms with E-state index in [9.17, 15) is 0 Å². The summed E-state index contributed by atoms with van der Waals surface area (Å²) in [6.07, 6.45) is 1.79. The lowest BCUT2D eigenvalue weighted by Crippen LogP contribution is -1.70. The Labute approximate surface area is 84.3 Å². The Morgan fingerprint density at radius 2 is 2.00 bits per heavy atom. The normalized spacial score (nSPS) is 10.2. The topological polar surface area (TPSA) is 33.1 Å². The van der Waals surface area contributed by atoms with Crippen molar-refractivity contribution in [2.24, 2.45) is 0 Å². The summed E-state index contributed by atoms with van der Waals surface area (Å²) in [6.45, 7) is 0. The van der Waals surface area contributed by atoms with Crippen molar-refractivity contribution in [3.8, 4) is 5.75 Å². The van der Waals surface area contributed by atoms with Gasteiger partial charge in [0, 0.05) is 16.5 Å². The predicted octanol–water partition coefficient (Wildman–Crippen LogP) is 3.00. The molecule has 1 heterocycles. The summed E-state index contributed by atoms with van der Waals surface area (Å²) in [4.78, 5) is 5.24. The van der Waals surface area contributed by atoms with Crippen LogP contribution in [0.3, 0.4) is 0 Å². The molecule has 0 spiro atoms. The Morgan fingerprint density at radius 3 is 2.62 bits per heavy atom. The van der Waals surface area contributed by atoms with E-state index in [1.807, 2.05) is 17.5 Å². The number of benzene rings is 1. The molecular formula is C9H7NOS2. The van der Waals surface area contributed by atoms with Crippen molar-refractivity contribution in [2.45, 2.75) is 9.24 Å². The third kappa shape index (κ3) is 2.23. The Hall–Kier alpha value is -1.00. The highest BCUT2D eigenvalue weighted by molar-refractivity contribution is 8.01. The highest BCUT2D eigenvalue weighted by Gasteiger charge is 1.98. The smallest absolute Gasteiger partial charge is 0.154 e. The molecule has 13 heavy (non-hydrogen) atoms. The molecule has 2 rings (SSSR count). The van der Waals surface area contributed by atoms with Crippen molar-refractivity contribution in [1.29, 1.82) is 0 Å². The van der Waals surface area contributed by atoms with Crippen molar-refractivity contribution in [3.05, 3.63) is 35.8 Å². The number of hydrogen-bond acceptors (Lipinski definition) is 4. The lowest BCUT2D eigenvalue weighted by atomic mass is 10.3. The molecule has 2 aromatic rings. The van der Waals surface area contributed by atoms with Gasteiger partial charge in [-0.2, -0.15) is 0 Å². The summed E-state index contributed by atoms with van der Waals surface area (Å²) >= 11 is 3.21. The number of hydrogen-bond donors (Lipinski definition) is 1. The van der Waals surface area contributed by atoms with Crippen molar-refractivity contribution < 1.29 is 5.11 Å². The van der Waals surface area contributed by atoms with Crippen LogP contribution in [0.2, 0.25) is 0 Å². The summed E-state index contributed by atoms with van der Waals surface area (Å²) < 4.78 is 1.02. The maximum Gasteiger partial charge on any atom is 0.154 e. The molecule has 0 aliphatic carbocycles. The van der Waals surface area contributed by atoms with Gasteiger partial charge in [0.2, 0.25) is 0 Å². The van der Waals surface area contributed by atoms with Gasteiger partial charge >= 0.3 is 0 Å². The summed E-state index contributed by atoms with van der Waals surface area (Å²) in [5, 5.41) is 11.0.